The van der Waals surface area contributed by atoms with E-state index in [0.29, 0.717) is 5.69 Å². The van der Waals surface area contributed by atoms with Gasteiger partial charge in [-0.1, -0.05) is 28.1 Å². The fourth-order valence-corrected chi connectivity index (χ4v) is 3.41. The molecule has 2 aromatic carbocycles. The lowest BCUT2D eigenvalue weighted by Gasteiger charge is -2.09. The summed E-state index contributed by atoms with van der Waals surface area (Å²) in [6.07, 6.45) is 2.98. The summed E-state index contributed by atoms with van der Waals surface area (Å²) < 4.78 is 29.6. The highest BCUT2D eigenvalue weighted by Gasteiger charge is 2.13. The highest BCUT2D eigenvalue weighted by atomic mass is 79.9. The Labute approximate surface area is 153 Å². The van der Waals surface area contributed by atoms with Gasteiger partial charge in [0.1, 0.15) is 12.7 Å². The van der Waals surface area contributed by atoms with E-state index in [1.165, 1.54) is 29.5 Å². The molecule has 0 radical (unpaired) electrons. The summed E-state index contributed by atoms with van der Waals surface area (Å²) in [6.45, 7) is 1.85. The molecule has 3 aromatic rings. The van der Waals surface area contributed by atoms with Crippen LogP contribution < -0.4 is 4.72 Å². The predicted octanol–water partition coefficient (Wildman–Crippen LogP) is 3.11. The van der Waals surface area contributed by atoms with E-state index in [1.54, 1.807) is 36.4 Å². The summed E-state index contributed by atoms with van der Waals surface area (Å²) in [6, 6.07) is 13.4. The minimum Gasteiger partial charge on any atom is -0.280 e. The van der Waals surface area contributed by atoms with Gasteiger partial charge in [-0.05, 0) is 48.9 Å². The molecule has 25 heavy (non-hydrogen) atoms. The molecule has 0 aliphatic rings. The van der Waals surface area contributed by atoms with E-state index >= 15 is 0 Å². The number of aromatic nitrogens is 3. The Kier molecular flexibility index (Phi) is 4.95. The molecule has 0 atom stereocenters. The molecule has 9 heteroatoms. The number of rotatable bonds is 5. The summed E-state index contributed by atoms with van der Waals surface area (Å²) >= 11 is 3.29. The summed E-state index contributed by atoms with van der Waals surface area (Å²) in [4.78, 5) is 0.199. The average molecular weight is 420 g/mol. The largest absolute Gasteiger partial charge is 0.280 e. The zero-order chi connectivity index (χ0) is 17.9. The first-order valence-electron chi connectivity index (χ1n) is 7.23. The maximum atomic E-state index is 12.4. The first-order valence-corrected chi connectivity index (χ1v) is 9.51. The molecule has 1 heterocycles. The third kappa shape index (κ3) is 4.31. The Bertz CT molecular complexity index is 982. The Morgan fingerprint density at radius 2 is 1.64 bits per heavy atom. The number of hydrogen-bond donors (Lipinski definition) is 1. The molecule has 0 bridgehead atoms. The van der Waals surface area contributed by atoms with Gasteiger partial charge in [-0.2, -0.15) is 5.10 Å². The molecule has 0 aliphatic heterocycles. The van der Waals surface area contributed by atoms with E-state index in [2.05, 4.69) is 36.0 Å². The van der Waals surface area contributed by atoms with Crippen LogP contribution in [0.3, 0.4) is 0 Å². The maximum absolute atomic E-state index is 12.4. The summed E-state index contributed by atoms with van der Waals surface area (Å²) in [5.74, 6) is 0. The number of nitrogens with one attached hydrogen (secondary N) is 1. The number of nitrogens with zero attached hydrogens (tertiary/aromatic N) is 4. The van der Waals surface area contributed by atoms with Gasteiger partial charge in [0, 0.05) is 10.2 Å². The van der Waals surface area contributed by atoms with E-state index in [9.17, 15) is 8.42 Å². The Hall–Kier alpha value is -2.52. The summed E-state index contributed by atoms with van der Waals surface area (Å²) in [5.41, 5.74) is 2.09. The molecule has 7 nitrogen and oxygen atoms in total. The van der Waals surface area contributed by atoms with Crippen molar-refractivity contribution < 1.29 is 8.42 Å². The number of benzene rings is 2. The molecule has 1 aromatic heterocycles. The number of anilines is 1. The first kappa shape index (κ1) is 17.3. The third-order valence-electron chi connectivity index (χ3n) is 3.35. The molecule has 0 unspecified atom stereocenters. The predicted molar refractivity (Wildman–Crippen MR) is 99.0 cm³/mol. The van der Waals surface area contributed by atoms with E-state index in [-0.39, 0.29) is 4.90 Å². The van der Waals surface area contributed by atoms with Crippen molar-refractivity contribution in [3.63, 3.8) is 0 Å². The highest BCUT2D eigenvalue weighted by molar-refractivity contribution is 9.10. The standard InChI is InChI=1S/C16H14BrN5O2S/c1-12(20-22-10-18-19-11-22)13-2-6-15(7-3-13)21-25(23,24)16-8-4-14(17)5-9-16/h2-11,21H,1H3. The molecule has 0 spiro atoms. The van der Waals surface area contributed by atoms with Crippen LogP contribution in [0.2, 0.25) is 0 Å². The molecule has 0 fully saturated rings. The van der Waals surface area contributed by atoms with Gasteiger partial charge in [-0.25, -0.2) is 13.1 Å². The molecular weight excluding hydrogens is 406 g/mol. The molecule has 1 N–H and O–H groups in total. The average Bonchev–Trinajstić information content (AvgIpc) is 3.08. The lowest BCUT2D eigenvalue weighted by molar-refractivity contribution is 0.601. The highest BCUT2D eigenvalue weighted by Crippen LogP contribution is 2.19. The van der Waals surface area contributed by atoms with Crippen LogP contribution >= 0.6 is 15.9 Å². The minimum atomic E-state index is -3.63. The van der Waals surface area contributed by atoms with Crippen LogP contribution in [0, 0.1) is 0 Å². The van der Waals surface area contributed by atoms with Crippen molar-refractivity contribution in [3.05, 3.63) is 71.2 Å². The molecule has 0 aliphatic carbocycles. The van der Waals surface area contributed by atoms with Gasteiger partial charge >= 0.3 is 0 Å². The van der Waals surface area contributed by atoms with Gasteiger partial charge in [0.15, 0.2) is 0 Å². The summed E-state index contributed by atoms with van der Waals surface area (Å²) in [5, 5.41) is 11.7. The molecule has 0 amide bonds. The molecule has 128 valence electrons. The van der Waals surface area contributed by atoms with Gasteiger partial charge < -0.3 is 0 Å². The molecular formula is C16H14BrN5O2S. The molecule has 3 rings (SSSR count). The summed E-state index contributed by atoms with van der Waals surface area (Å²) in [7, 11) is -3.63. The quantitative estimate of drug-likeness (QED) is 0.643. The maximum Gasteiger partial charge on any atom is 0.261 e. The lowest BCUT2D eigenvalue weighted by atomic mass is 10.1. The van der Waals surface area contributed by atoms with Crippen molar-refractivity contribution in [2.45, 2.75) is 11.8 Å². The topological polar surface area (TPSA) is 89.2 Å². The van der Waals surface area contributed by atoms with E-state index in [1.807, 2.05) is 6.92 Å². The normalized spacial score (nSPS) is 12.2. The van der Waals surface area contributed by atoms with Crippen LogP contribution in [0.5, 0.6) is 0 Å². The molecule has 0 saturated carbocycles. The van der Waals surface area contributed by atoms with Gasteiger partial charge in [0.2, 0.25) is 0 Å². The van der Waals surface area contributed by atoms with Crippen molar-refractivity contribution in [2.24, 2.45) is 5.10 Å². The fourth-order valence-electron chi connectivity index (χ4n) is 2.09. The third-order valence-corrected chi connectivity index (χ3v) is 5.28. The first-order chi connectivity index (χ1) is 11.9. The monoisotopic (exact) mass is 419 g/mol. The van der Waals surface area contributed by atoms with Crippen LogP contribution in [0.15, 0.2) is 75.7 Å². The van der Waals surface area contributed by atoms with Gasteiger partial charge in [0.25, 0.3) is 10.0 Å². The van der Waals surface area contributed by atoms with Crippen molar-refractivity contribution in [1.82, 2.24) is 14.9 Å². The van der Waals surface area contributed by atoms with Crippen LogP contribution in [0.4, 0.5) is 5.69 Å². The van der Waals surface area contributed by atoms with Crippen molar-refractivity contribution in [2.75, 3.05) is 4.72 Å². The van der Waals surface area contributed by atoms with Crippen LogP contribution in [0.1, 0.15) is 12.5 Å². The second-order valence-corrected chi connectivity index (χ2v) is 7.76. The van der Waals surface area contributed by atoms with Crippen molar-refractivity contribution >= 4 is 37.4 Å². The second kappa shape index (κ2) is 7.16. The van der Waals surface area contributed by atoms with Crippen molar-refractivity contribution in [3.8, 4) is 0 Å². The minimum absolute atomic E-state index is 0.199. The van der Waals surface area contributed by atoms with Crippen molar-refractivity contribution in [1.29, 1.82) is 0 Å². The number of sulfonamides is 1. The lowest BCUT2D eigenvalue weighted by Crippen LogP contribution is -2.12. The van der Waals surface area contributed by atoms with Gasteiger partial charge in [-0.3, -0.25) is 4.72 Å². The Morgan fingerprint density at radius 1 is 1.04 bits per heavy atom. The van der Waals surface area contributed by atoms with Gasteiger partial charge in [-0.15, -0.1) is 10.2 Å². The van der Waals surface area contributed by atoms with Gasteiger partial charge in [0.05, 0.1) is 10.6 Å². The second-order valence-electron chi connectivity index (χ2n) is 5.16. The Balaban J connectivity index is 1.77. The van der Waals surface area contributed by atoms with Crippen LogP contribution in [-0.2, 0) is 10.0 Å². The van der Waals surface area contributed by atoms with E-state index in [4.69, 9.17) is 0 Å². The van der Waals surface area contributed by atoms with Crippen LogP contribution in [0.25, 0.3) is 0 Å². The smallest absolute Gasteiger partial charge is 0.261 e. The molecule has 0 saturated heterocycles. The fraction of sp³-hybridized carbons (Fsp3) is 0.0625. The van der Waals surface area contributed by atoms with E-state index < -0.39 is 10.0 Å². The SMILES string of the molecule is CC(=Nn1cnnc1)c1ccc(NS(=O)(=O)c2ccc(Br)cc2)cc1. The van der Waals surface area contributed by atoms with E-state index in [0.717, 1.165) is 15.7 Å². The van der Waals surface area contributed by atoms with Crippen LogP contribution in [-0.4, -0.2) is 29.0 Å². The number of halogens is 1. The Morgan fingerprint density at radius 3 is 2.24 bits per heavy atom. The number of hydrogen-bond acceptors (Lipinski definition) is 5. The zero-order valence-corrected chi connectivity index (χ0v) is 15.6. The zero-order valence-electron chi connectivity index (χ0n) is 13.2.